The number of carbonyl (C=O) groups excluding carboxylic acids is 1. The summed E-state index contributed by atoms with van der Waals surface area (Å²) in [6.07, 6.45) is 4.82. The molecule has 0 spiro atoms. The van der Waals surface area contributed by atoms with Crippen molar-refractivity contribution in [3.05, 3.63) is 0 Å². The van der Waals surface area contributed by atoms with Crippen LogP contribution in [0, 0.1) is 23.7 Å². The molecule has 0 heterocycles. The van der Waals surface area contributed by atoms with Crippen LogP contribution in [0.3, 0.4) is 0 Å². The Balaban J connectivity index is 1.91. The van der Waals surface area contributed by atoms with Gasteiger partial charge in [0.05, 0.1) is 18.6 Å². The molecule has 4 heteroatoms. The highest BCUT2D eigenvalue weighted by Crippen LogP contribution is 2.67. The van der Waals surface area contributed by atoms with Gasteiger partial charge < -0.3 is 9.16 Å². The number of carbonyl (C=O) groups is 1. The summed E-state index contributed by atoms with van der Waals surface area (Å²) in [7, 11) is -0.114. The van der Waals surface area contributed by atoms with E-state index in [4.69, 9.17) is 9.16 Å². The minimum Gasteiger partial charge on any atom is -0.469 e. The van der Waals surface area contributed by atoms with Gasteiger partial charge in [-0.3, -0.25) is 4.79 Å². The van der Waals surface area contributed by atoms with Crippen molar-refractivity contribution in [3.63, 3.8) is 0 Å². The molecule has 3 aliphatic rings. The lowest BCUT2D eigenvalue weighted by Crippen LogP contribution is -2.67. The number of esters is 1. The van der Waals surface area contributed by atoms with E-state index in [1.165, 1.54) is 26.4 Å². The Labute approximate surface area is 110 Å². The summed E-state index contributed by atoms with van der Waals surface area (Å²) < 4.78 is 11.6. The van der Waals surface area contributed by atoms with Gasteiger partial charge in [0.25, 0.3) is 0 Å². The molecule has 3 aliphatic carbocycles. The largest absolute Gasteiger partial charge is 0.469 e. The van der Waals surface area contributed by atoms with Crippen LogP contribution in [0.2, 0.25) is 19.6 Å². The van der Waals surface area contributed by atoms with Gasteiger partial charge in [-0.2, -0.15) is 0 Å². The molecule has 0 aromatic rings. The second-order valence-corrected chi connectivity index (χ2v) is 11.7. The van der Waals surface area contributed by atoms with E-state index in [1.807, 2.05) is 0 Å². The molecule has 3 saturated carbocycles. The monoisotopic (exact) mass is 268 g/mol. The van der Waals surface area contributed by atoms with E-state index >= 15 is 0 Å². The molecule has 5 atom stereocenters. The van der Waals surface area contributed by atoms with Gasteiger partial charge in [-0.05, 0) is 63.1 Å². The molecule has 0 amide bonds. The molecule has 18 heavy (non-hydrogen) atoms. The first-order chi connectivity index (χ1) is 8.37. The minimum absolute atomic E-state index is 0.0201. The highest BCUT2D eigenvalue weighted by atomic mass is 28.4. The van der Waals surface area contributed by atoms with Crippen LogP contribution in [0.1, 0.15) is 25.7 Å². The number of hydrogen-bond donors (Lipinski definition) is 0. The van der Waals surface area contributed by atoms with Gasteiger partial charge in [-0.15, -0.1) is 0 Å². The Morgan fingerprint density at radius 3 is 2.61 bits per heavy atom. The zero-order valence-corrected chi connectivity index (χ0v) is 12.9. The molecule has 3 nitrogen and oxygen atoms in total. The van der Waals surface area contributed by atoms with E-state index in [2.05, 4.69) is 19.6 Å². The summed E-state index contributed by atoms with van der Waals surface area (Å²) in [4.78, 5) is 12.1. The molecular weight excluding hydrogens is 244 g/mol. The lowest BCUT2D eigenvalue weighted by atomic mass is 9.53. The molecule has 102 valence electrons. The van der Waals surface area contributed by atoms with Crippen LogP contribution in [0.4, 0.5) is 0 Å². The number of ether oxygens (including phenoxy) is 1. The molecule has 5 unspecified atom stereocenters. The molecule has 0 N–H and O–H groups in total. The Hall–Kier alpha value is -0.353. The SMILES string of the molecule is COC(=O)C1C2CC3CCC1(O[Si](C)(C)C)C2C3. The first-order valence-electron chi connectivity index (χ1n) is 7.15. The van der Waals surface area contributed by atoms with Gasteiger partial charge >= 0.3 is 5.97 Å². The van der Waals surface area contributed by atoms with Crippen LogP contribution in [0.25, 0.3) is 0 Å². The highest BCUT2D eigenvalue weighted by Gasteiger charge is 2.71. The van der Waals surface area contributed by atoms with Crippen molar-refractivity contribution in [3.8, 4) is 0 Å². The van der Waals surface area contributed by atoms with Gasteiger partial charge in [-0.25, -0.2) is 0 Å². The predicted octanol–water partition coefficient (Wildman–Crippen LogP) is 2.82. The average molecular weight is 268 g/mol. The van der Waals surface area contributed by atoms with Gasteiger partial charge in [-0.1, -0.05) is 0 Å². The zero-order chi connectivity index (χ0) is 13.1. The van der Waals surface area contributed by atoms with E-state index in [1.54, 1.807) is 0 Å². The normalized spacial score (nSPS) is 45.6. The Kier molecular flexibility index (Phi) is 2.69. The molecule has 2 bridgehead atoms. The molecule has 3 rings (SSSR count). The second-order valence-electron chi connectivity index (χ2n) is 7.32. The predicted molar refractivity (Wildman–Crippen MR) is 71.6 cm³/mol. The summed E-state index contributed by atoms with van der Waals surface area (Å²) in [6.45, 7) is 6.68. The summed E-state index contributed by atoms with van der Waals surface area (Å²) >= 11 is 0. The van der Waals surface area contributed by atoms with Crippen molar-refractivity contribution < 1.29 is 14.0 Å². The van der Waals surface area contributed by atoms with Crippen LogP contribution in [-0.2, 0) is 14.0 Å². The van der Waals surface area contributed by atoms with Crippen LogP contribution < -0.4 is 0 Å². The van der Waals surface area contributed by atoms with E-state index in [0.717, 1.165) is 12.3 Å². The summed E-state index contributed by atoms with van der Waals surface area (Å²) in [5, 5.41) is 0. The molecule has 3 fully saturated rings. The lowest BCUT2D eigenvalue weighted by molar-refractivity contribution is -0.204. The third kappa shape index (κ3) is 1.61. The number of methoxy groups -OCH3 is 1. The smallest absolute Gasteiger partial charge is 0.311 e. The number of fused-ring (bicyclic) bond motifs is 1. The average Bonchev–Trinajstić information content (AvgIpc) is 2.47. The number of rotatable bonds is 3. The fourth-order valence-electron chi connectivity index (χ4n) is 4.85. The Bertz CT molecular complexity index is 376. The quantitative estimate of drug-likeness (QED) is 0.583. The van der Waals surface area contributed by atoms with E-state index in [0.29, 0.717) is 11.8 Å². The fourth-order valence-corrected chi connectivity index (χ4v) is 6.37. The minimum atomic E-state index is -1.63. The molecule has 0 saturated heterocycles. The molecular formula is C14H24O3Si. The van der Waals surface area contributed by atoms with Crippen molar-refractivity contribution >= 4 is 14.3 Å². The van der Waals surface area contributed by atoms with E-state index in [-0.39, 0.29) is 17.5 Å². The van der Waals surface area contributed by atoms with Gasteiger partial charge in [0, 0.05) is 0 Å². The maximum Gasteiger partial charge on any atom is 0.311 e. The molecule has 0 aromatic heterocycles. The fraction of sp³-hybridized carbons (Fsp3) is 0.929. The van der Waals surface area contributed by atoms with Crippen LogP contribution in [0.15, 0.2) is 0 Å². The maximum absolute atomic E-state index is 12.1. The third-order valence-corrected chi connectivity index (χ3v) is 6.18. The van der Waals surface area contributed by atoms with Crippen molar-refractivity contribution in [2.24, 2.45) is 23.7 Å². The van der Waals surface area contributed by atoms with Gasteiger partial charge in [0.2, 0.25) is 0 Å². The van der Waals surface area contributed by atoms with Crippen molar-refractivity contribution in [1.82, 2.24) is 0 Å². The van der Waals surface area contributed by atoms with Crippen molar-refractivity contribution in [1.29, 1.82) is 0 Å². The topological polar surface area (TPSA) is 35.5 Å². The third-order valence-electron chi connectivity index (χ3n) is 5.19. The highest BCUT2D eigenvalue weighted by molar-refractivity contribution is 6.69. The number of hydrogen-bond acceptors (Lipinski definition) is 3. The van der Waals surface area contributed by atoms with Crippen molar-refractivity contribution in [2.75, 3.05) is 7.11 Å². The first-order valence-corrected chi connectivity index (χ1v) is 10.6. The first kappa shape index (κ1) is 12.7. The van der Waals surface area contributed by atoms with Crippen LogP contribution in [-0.4, -0.2) is 27.0 Å². The Morgan fingerprint density at radius 2 is 2.00 bits per heavy atom. The summed E-state index contributed by atoms with van der Waals surface area (Å²) in [5.74, 6) is 2.00. The van der Waals surface area contributed by atoms with Gasteiger partial charge in [0.15, 0.2) is 8.32 Å². The maximum atomic E-state index is 12.1. The summed E-state index contributed by atoms with van der Waals surface area (Å²) in [5.41, 5.74) is -0.158. The van der Waals surface area contributed by atoms with Crippen LogP contribution in [0.5, 0.6) is 0 Å². The zero-order valence-electron chi connectivity index (χ0n) is 11.9. The van der Waals surface area contributed by atoms with Crippen LogP contribution >= 0.6 is 0 Å². The molecule has 0 aliphatic heterocycles. The Morgan fingerprint density at radius 1 is 1.28 bits per heavy atom. The second kappa shape index (κ2) is 3.82. The standard InChI is InChI=1S/C14H24O3Si/c1-16-13(15)12-10-7-9-5-6-14(12,11(10)8-9)17-18(2,3)4/h9-12H,5-8H2,1-4H3. The van der Waals surface area contributed by atoms with E-state index in [9.17, 15) is 4.79 Å². The summed E-state index contributed by atoms with van der Waals surface area (Å²) in [6, 6.07) is 0. The molecule has 0 radical (unpaired) electrons. The molecule has 0 aromatic carbocycles. The van der Waals surface area contributed by atoms with E-state index < -0.39 is 8.32 Å². The van der Waals surface area contributed by atoms with Crippen molar-refractivity contribution in [2.45, 2.75) is 50.9 Å². The van der Waals surface area contributed by atoms with Gasteiger partial charge in [0.1, 0.15) is 0 Å². The lowest BCUT2D eigenvalue weighted by Gasteiger charge is -2.60.